The van der Waals surface area contributed by atoms with Crippen LogP contribution in [0.5, 0.6) is 5.75 Å². The van der Waals surface area contributed by atoms with Crippen LogP contribution < -0.4 is 15.4 Å². The molecule has 1 amide bonds. The van der Waals surface area contributed by atoms with Crippen molar-refractivity contribution in [2.45, 2.75) is 26.5 Å². The van der Waals surface area contributed by atoms with Crippen molar-refractivity contribution >= 4 is 28.3 Å². The first-order valence-corrected chi connectivity index (χ1v) is 12.5. The zero-order chi connectivity index (χ0) is 26.1. The number of benzene rings is 4. The van der Waals surface area contributed by atoms with Crippen LogP contribution in [-0.4, -0.2) is 20.7 Å². The predicted molar refractivity (Wildman–Crippen MR) is 149 cm³/mol. The summed E-state index contributed by atoms with van der Waals surface area (Å²) >= 11 is 0. The fraction of sp³-hybridized carbons (Fsp3) is 0.129. The van der Waals surface area contributed by atoms with Crippen molar-refractivity contribution in [1.29, 1.82) is 0 Å². The number of rotatable bonds is 6. The fourth-order valence-corrected chi connectivity index (χ4v) is 4.92. The normalized spacial score (nSPS) is 14.6. The van der Waals surface area contributed by atoms with Gasteiger partial charge >= 0.3 is 0 Å². The minimum absolute atomic E-state index is 0.188. The largest absolute Gasteiger partial charge is 0.489 e. The van der Waals surface area contributed by atoms with Gasteiger partial charge < -0.3 is 15.4 Å². The molecule has 1 atom stereocenters. The van der Waals surface area contributed by atoms with Crippen molar-refractivity contribution in [3.63, 3.8) is 0 Å². The molecule has 1 aromatic heterocycles. The average Bonchev–Trinajstić information content (AvgIpc) is 3.41. The summed E-state index contributed by atoms with van der Waals surface area (Å²) in [5.41, 5.74) is 5.12. The summed E-state index contributed by atoms with van der Waals surface area (Å²) in [6.45, 7) is 4.32. The van der Waals surface area contributed by atoms with Crippen LogP contribution in [0, 0.1) is 6.92 Å². The first kappa shape index (κ1) is 23.5. The molecule has 5 aromatic rings. The summed E-state index contributed by atoms with van der Waals surface area (Å²) in [4.78, 5) is 17.9. The van der Waals surface area contributed by atoms with Gasteiger partial charge in [-0.2, -0.15) is 10.1 Å². The van der Waals surface area contributed by atoms with Gasteiger partial charge in [-0.25, -0.2) is 4.68 Å². The number of amides is 1. The Morgan fingerprint density at radius 2 is 1.71 bits per heavy atom. The number of hydrogen-bond donors (Lipinski definition) is 2. The topological polar surface area (TPSA) is 81.1 Å². The summed E-state index contributed by atoms with van der Waals surface area (Å²) in [7, 11) is 0. The van der Waals surface area contributed by atoms with Crippen LogP contribution in [0.2, 0.25) is 0 Å². The number of aryl methyl sites for hydroxylation is 1. The lowest BCUT2D eigenvalue weighted by Crippen LogP contribution is -2.31. The highest BCUT2D eigenvalue weighted by Crippen LogP contribution is 2.36. The Hall–Kier alpha value is -4.91. The van der Waals surface area contributed by atoms with E-state index in [1.54, 1.807) is 4.68 Å². The van der Waals surface area contributed by atoms with Crippen molar-refractivity contribution < 1.29 is 9.53 Å². The number of para-hydroxylation sites is 1. The number of anilines is 2. The lowest BCUT2D eigenvalue weighted by Gasteiger charge is -2.29. The third kappa shape index (κ3) is 4.39. The second-order valence-corrected chi connectivity index (χ2v) is 9.36. The van der Waals surface area contributed by atoms with E-state index >= 15 is 0 Å². The van der Waals surface area contributed by atoms with Gasteiger partial charge in [0.05, 0.1) is 5.57 Å². The molecule has 1 unspecified atom stereocenters. The average molecular weight is 502 g/mol. The van der Waals surface area contributed by atoms with Gasteiger partial charge in [0, 0.05) is 11.4 Å². The molecule has 1 aliphatic rings. The zero-order valence-corrected chi connectivity index (χ0v) is 21.2. The van der Waals surface area contributed by atoms with E-state index in [0.29, 0.717) is 18.1 Å². The van der Waals surface area contributed by atoms with Crippen molar-refractivity contribution in [2.75, 3.05) is 10.6 Å². The quantitative estimate of drug-likeness (QED) is 0.288. The number of aromatic nitrogens is 3. The number of carbonyl (C=O) groups is 1. The van der Waals surface area contributed by atoms with Crippen LogP contribution in [0.1, 0.15) is 29.7 Å². The number of nitrogens with zero attached hydrogens (tertiary/aromatic N) is 3. The van der Waals surface area contributed by atoms with Crippen LogP contribution in [0.15, 0.2) is 109 Å². The molecule has 0 saturated carbocycles. The van der Waals surface area contributed by atoms with Gasteiger partial charge in [0.2, 0.25) is 5.95 Å². The Morgan fingerprint density at radius 1 is 0.947 bits per heavy atom. The lowest BCUT2D eigenvalue weighted by atomic mass is 9.95. The molecule has 0 aliphatic carbocycles. The van der Waals surface area contributed by atoms with E-state index in [2.05, 4.69) is 51.0 Å². The SMILES string of the molecule is CC1=C(C(=O)Nc2ccccc2C)C(c2ccc(OCc3cccc4ccccc34)cc2)n2ncnc2N1. The van der Waals surface area contributed by atoms with Crippen molar-refractivity contribution in [3.05, 3.63) is 125 Å². The monoisotopic (exact) mass is 501 g/mol. The Morgan fingerprint density at radius 3 is 2.55 bits per heavy atom. The Kier molecular flexibility index (Phi) is 6.09. The smallest absolute Gasteiger partial charge is 0.255 e. The fourth-order valence-electron chi connectivity index (χ4n) is 4.92. The molecule has 1 aliphatic heterocycles. The molecule has 6 rings (SSSR count). The van der Waals surface area contributed by atoms with Crippen molar-refractivity contribution in [1.82, 2.24) is 14.8 Å². The Balaban J connectivity index is 1.27. The van der Waals surface area contributed by atoms with E-state index in [4.69, 9.17) is 4.74 Å². The molecule has 2 heterocycles. The van der Waals surface area contributed by atoms with Crippen molar-refractivity contribution in [3.8, 4) is 5.75 Å². The molecular formula is C31H27N5O2. The molecule has 0 bridgehead atoms. The molecule has 2 N–H and O–H groups in total. The number of ether oxygens (including phenoxy) is 1. The lowest BCUT2D eigenvalue weighted by molar-refractivity contribution is -0.113. The maximum Gasteiger partial charge on any atom is 0.255 e. The number of fused-ring (bicyclic) bond motifs is 2. The number of carbonyl (C=O) groups excluding carboxylic acids is 1. The summed E-state index contributed by atoms with van der Waals surface area (Å²) in [5, 5.41) is 13.1. The van der Waals surface area contributed by atoms with Crippen LogP contribution in [0.4, 0.5) is 11.6 Å². The molecule has 38 heavy (non-hydrogen) atoms. The maximum atomic E-state index is 13.6. The second kappa shape index (κ2) is 9.86. The summed E-state index contributed by atoms with van der Waals surface area (Å²) in [5.74, 6) is 1.16. The third-order valence-corrected chi connectivity index (χ3v) is 6.90. The van der Waals surface area contributed by atoms with Crippen LogP contribution in [0.25, 0.3) is 10.8 Å². The maximum absolute atomic E-state index is 13.6. The zero-order valence-electron chi connectivity index (χ0n) is 21.2. The third-order valence-electron chi connectivity index (χ3n) is 6.90. The minimum atomic E-state index is -0.440. The van der Waals surface area contributed by atoms with Gasteiger partial charge in [-0.05, 0) is 59.5 Å². The van der Waals surface area contributed by atoms with Gasteiger partial charge in [0.25, 0.3) is 5.91 Å². The Bertz CT molecular complexity index is 1660. The van der Waals surface area contributed by atoms with E-state index in [9.17, 15) is 4.79 Å². The molecule has 0 radical (unpaired) electrons. The second-order valence-electron chi connectivity index (χ2n) is 9.36. The minimum Gasteiger partial charge on any atom is -0.489 e. The predicted octanol–water partition coefficient (Wildman–Crippen LogP) is 6.25. The van der Waals surface area contributed by atoms with E-state index in [1.165, 1.54) is 17.1 Å². The van der Waals surface area contributed by atoms with Crippen LogP contribution in [-0.2, 0) is 11.4 Å². The van der Waals surface area contributed by atoms with Gasteiger partial charge in [-0.15, -0.1) is 0 Å². The van der Waals surface area contributed by atoms with Crippen molar-refractivity contribution in [2.24, 2.45) is 0 Å². The molecule has 4 aromatic carbocycles. The number of hydrogen-bond acceptors (Lipinski definition) is 5. The summed E-state index contributed by atoms with van der Waals surface area (Å²) in [6.07, 6.45) is 1.49. The number of allylic oxidation sites excluding steroid dienone is 1. The van der Waals surface area contributed by atoms with Gasteiger partial charge in [0.15, 0.2) is 0 Å². The number of nitrogens with one attached hydrogen (secondary N) is 2. The highest BCUT2D eigenvalue weighted by atomic mass is 16.5. The van der Waals surface area contributed by atoms with Crippen LogP contribution >= 0.6 is 0 Å². The first-order chi connectivity index (χ1) is 18.6. The molecule has 0 saturated heterocycles. The van der Waals surface area contributed by atoms with E-state index < -0.39 is 6.04 Å². The highest BCUT2D eigenvalue weighted by molar-refractivity contribution is 6.06. The highest BCUT2D eigenvalue weighted by Gasteiger charge is 2.33. The standard InChI is InChI=1S/C31H27N5O2/c1-20-8-3-6-13-27(20)35-30(37)28-21(2)34-31-32-19-33-36(31)29(28)23-14-16-25(17-15-23)38-18-24-11-7-10-22-9-4-5-12-26(22)24/h3-17,19,29H,18H2,1-2H3,(H,35,37)(H,32,33,34). The first-order valence-electron chi connectivity index (χ1n) is 12.5. The van der Waals surface area contributed by atoms with Crippen LogP contribution in [0.3, 0.4) is 0 Å². The molecule has 0 fully saturated rings. The van der Waals surface area contributed by atoms with Gasteiger partial charge in [-0.3, -0.25) is 4.79 Å². The molecular weight excluding hydrogens is 474 g/mol. The molecule has 7 heteroatoms. The Labute approximate surface area is 220 Å². The summed E-state index contributed by atoms with van der Waals surface area (Å²) in [6, 6.07) is 29.7. The summed E-state index contributed by atoms with van der Waals surface area (Å²) < 4.78 is 7.89. The van der Waals surface area contributed by atoms with Gasteiger partial charge in [0.1, 0.15) is 24.7 Å². The van der Waals surface area contributed by atoms with Gasteiger partial charge in [-0.1, -0.05) is 72.8 Å². The van der Waals surface area contributed by atoms with E-state index in [1.807, 2.05) is 74.5 Å². The molecule has 0 spiro atoms. The van der Waals surface area contributed by atoms with E-state index in [0.717, 1.165) is 33.8 Å². The molecule has 7 nitrogen and oxygen atoms in total. The molecule has 188 valence electrons. The van der Waals surface area contributed by atoms with E-state index in [-0.39, 0.29) is 5.91 Å².